The summed E-state index contributed by atoms with van der Waals surface area (Å²) >= 11 is 0. The lowest BCUT2D eigenvalue weighted by atomic mass is 10.0. The number of halogens is 1. The molecule has 2 aromatic carbocycles. The smallest absolute Gasteiger partial charge is 0.251 e. The second kappa shape index (κ2) is 7.27. The lowest BCUT2D eigenvalue weighted by Gasteiger charge is -2.17. The number of carbonyl (C=O) groups is 1. The van der Waals surface area contributed by atoms with E-state index in [4.69, 9.17) is 0 Å². The quantitative estimate of drug-likeness (QED) is 0.915. The number of hydrogen-bond acceptors (Lipinski definition) is 2. The van der Waals surface area contributed by atoms with Crippen LogP contribution in [0.1, 0.15) is 28.4 Å². The lowest BCUT2D eigenvalue weighted by Crippen LogP contribution is -2.34. The maximum Gasteiger partial charge on any atom is 0.251 e. The third-order valence-corrected chi connectivity index (χ3v) is 3.86. The number of rotatable bonds is 5. The summed E-state index contributed by atoms with van der Waals surface area (Å²) in [7, 11) is 3.53. The van der Waals surface area contributed by atoms with Crippen molar-refractivity contribution in [2.45, 2.75) is 26.3 Å². The van der Waals surface area contributed by atoms with Crippen molar-refractivity contribution < 1.29 is 9.18 Å². The molecule has 23 heavy (non-hydrogen) atoms. The van der Waals surface area contributed by atoms with E-state index in [0.29, 0.717) is 11.3 Å². The van der Waals surface area contributed by atoms with Crippen molar-refractivity contribution in [3.05, 3.63) is 65.0 Å². The third kappa shape index (κ3) is 4.31. The fourth-order valence-electron chi connectivity index (χ4n) is 2.54. The zero-order chi connectivity index (χ0) is 17.0. The fourth-order valence-corrected chi connectivity index (χ4v) is 2.54. The Balaban J connectivity index is 2.04. The Morgan fingerprint density at radius 2 is 1.91 bits per heavy atom. The van der Waals surface area contributed by atoms with Gasteiger partial charge in [0.05, 0.1) is 5.69 Å². The van der Waals surface area contributed by atoms with E-state index in [1.54, 1.807) is 31.1 Å². The first kappa shape index (κ1) is 17.0. The third-order valence-electron chi connectivity index (χ3n) is 3.86. The molecule has 0 radical (unpaired) electrons. The van der Waals surface area contributed by atoms with Gasteiger partial charge in [-0.3, -0.25) is 4.79 Å². The average molecular weight is 314 g/mol. The van der Waals surface area contributed by atoms with Crippen LogP contribution < -0.4 is 10.2 Å². The van der Waals surface area contributed by atoms with Crippen LogP contribution in [0, 0.1) is 12.7 Å². The summed E-state index contributed by atoms with van der Waals surface area (Å²) in [5.41, 5.74) is 3.21. The number of nitrogens with one attached hydrogen (secondary N) is 1. The molecule has 2 aromatic rings. The van der Waals surface area contributed by atoms with E-state index in [1.165, 1.54) is 17.2 Å². The van der Waals surface area contributed by atoms with E-state index in [1.807, 2.05) is 19.1 Å². The molecule has 0 saturated heterocycles. The van der Waals surface area contributed by atoms with Gasteiger partial charge in [-0.2, -0.15) is 0 Å². The summed E-state index contributed by atoms with van der Waals surface area (Å²) in [5.74, 6) is -0.649. The molecule has 0 heterocycles. The van der Waals surface area contributed by atoms with Gasteiger partial charge in [-0.25, -0.2) is 4.39 Å². The van der Waals surface area contributed by atoms with E-state index in [9.17, 15) is 9.18 Å². The number of aryl methyl sites for hydroxylation is 1. The Hall–Kier alpha value is -2.36. The normalized spacial score (nSPS) is 11.9. The molecule has 1 amide bonds. The minimum absolute atomic E-state index is 0.0276. The van der Waals surface area contributed by atoms with Crippen molar-refractivity contribution >= 4 is 11.6 Å². The molecule has 0 bridgehead atoms. The van der Waals surface area contributed by atoms with Crippen molar-refractivity contribution in [2.24, 2.45) is 0 Å². The Bertz CT molecular complexity index is 698. The Morgan fingerprint density at radius 1 is 1.22 bits per heavy atom. The van der Waals surface area contributed by atoms with Gasteiger partial charge < -0.3 is 10.2 Å². The molecule has 0 aromatic heterocycles. The molecule has 0 aliphatic carbocycles. The topological polar surface area (TPSA) is 32.3 Å². The van der Waals surface area contributed by atoms with Crippen molar-refractivity contribution in [3.8, 4) is 0 Å². The Labute approximate surface area is 137 Å². The van der Waals surface area contributed by atoms with Gasteiger partial charge in [0.1, 0.15) is 5.82 Å². The zero-order valence-corrected chi connectivity index (χ0v) is 14.1. The molecule has 0 unspecified atom stereocenters. The molecular weight excluding hydrogens is 291 g/mol. The molecule has 3 nitrogen and oxygen atoms in total. The van der Waals surface area contributed by atoms with Gasteiger partial charge in [0, 0.05) is 25.7 Å². The zero-order valence-electron chi connectivity index (χ0n) is 14.1. The van der Waals surface area contributed by atoms with Crippen LogP contribution in [-0.2, 0) is 6.42 Å². The molecule has 0 aliphatic rings. The maximum absolute atomic E-state index is 14.0. The number of anilines is 1. The molecule has 0 saturated carbocycles. The van der Waals surface area contributed by atoms with Crippen molar-refractivity contribution in [1.29, 1.82) is 0 Å². The van der Waals surface area contributed by atoms with Crippen molar-refractivity contribution in [1.82, 2.24) is 5.32 Å². The molecule has 0 fully saturated rings. The molecule has 0 aliphatic heterocycles. The summed E-state index contributed by atoms with van der Waals surface area (Å²) in [6.07, 6.45) is 0.747. The van der Waals surface area contributed by atoms with Gasteiger partial charge in [0.15, 0.2) is 0 Å². The molecule has 1 N–H and O–H groups in total. The van der Waals surface area contributed by atoms with Gasteiger partial charge in [0.2, 0.25) is 0 Å². The summed E-state index contributed by atoms with van der Waals surface area (Å²) in [4.78, 5) is 14.0. The summed E-state index contributed by atoms with van der Waals surface area (Å²) in [5, 5.41) is 2.93. The van der Waals surface area contributed by atoms with Crippen LogP contribution in [0.2, 0.25) is 0 Å². The van der Waals surface area contributed by atoms with Crippen molar-refractivity contribution in [3.63, 3.8) is 0 Å². The molecule has 2 rings (SSSR count). The first-order valence-electron chi connectivity index (χ1n) is 7.70. The summed E-state index contributed by atoms with van der Waals surface area (Å²) in [6.45, 7) is 4.01. The number of nitrogens with zero attached hydrogens (tertiary/aromatic N) is 1. The van der Waals surface area contributed by atoms with Crippen LogP contribution in [-0.4, -0.2) is 26.0 Å². The van der Waals surface area contributed by atoms with E-state index >= 15 is 0 Å². The van der Waals surface area contributed by atoms with Gasteiger partial charge in [-0.15, -0.1) is 0 Å². The minimum atomic E-state index is -0.394. The van der Waals surface area contributed by atoms with Gasteiger partial charge in [-0.05, 0) is 49.6 Å². The highest BCUT2D eigenvalue weighted by Crippen LogP contribution is 2.18. The molecular formula is C19H23FN2O. The highest BCUT2D eigenvalue weighted by molar-refractivity contribution is 5.94. The van der Waals surface area contributed by atoms with E-state index < -0.39 is 5.82 Å². The van der Waals surface area contributed by atoms with Crippen LogP contribution in [0.5, 0.6) is 0 Å². The van der Waals surface area contributed by atoms with Crippen LogP contribution in [0.3, 0.4) is 0 Å². The number of carbonyl (C=O) groups excluding carboxylic acids is 1. The highest BCUT2D eigenvalue weighted by Gasteiger charge is 2.14. The predicted octanol–water partition coefficient (Wildman–Crippen LogP) is 3.56. The van der Waals surface area contributed by atoms with Crippen LogP contribution >= 0.6 is 0 Å². The van der Waals surface area contributed by atoms with Crippen LogP contribution in [0.15, 0.2) is 42.5 Å². The molecule has 4 heteroatoms. The average Bonchev–Trinajstić information content (AvgIpc) is 2.49. The first-order valence-corrected chi connectivity index (χ1v) is 7.70. The van der Waals surface area contributed by atoms with Gasteiger partial charge in [0.25, 0.3) is 5.91 Å². The molecule has 1 atom stereocenters. The Kier molecular flexibility index (Phi) is 5.37. The highest BCUT2D eigenvalue weighted by atomic mass is 19.1. The summed E-state index contributed by atoms with van der Waals surface area (Å²) in [6, 6.07) is 12.6. The predicted molar refractivity (Wildman–Crippen MR) is 92.5 cm³/mol. The maximum atomic E-state index is 14.0. The van der Waals surface area contributed by atoms with Crippen LogP contribution in [0.25, 0.3) is 0 Å². The van der Waals surface area contributed by atoms with E-state index in [2.05, 4.69) is 24.4 Å². The largest absolute Gasteiger partial charge is 0.375 e. The van der Waals surface area contributed by atoms with E-state index in [-0.39, 0.29) is 11.9 Å². The fraction of sp³-hybridized carbons (Fsp3) is 0.316. The van der Waals surface area contributed by atoms with Crippen LogP contribution in [0.4, 0.5) is 10.1 Å². The monoisotopic (exact) mass is 314 g/mol. The second-order valence-corrected chi connectivity index (χ2v) is 6.07. The standard InChI is InChI=1S/C19H23FN2O/c1-13-7-5-6-8-15(13)11-14(2)21-19(23)16-9-10-18(22(3)4)17(20)12-16/h5-10,12,14H,11H2,1-4H3,(H,21,23)/t14-/m0/s1. The number of hydrogen-bond donors (Lipinski definition) is 1. The number of benzene rings is 2. The SMILES string of the molecule is Cc1ccccc1C[C@H](C)NC(=O)c1ccc(N(C)C)c(F)c1. The second-order valence-electron chi connectivity index (χ2n) is 6.07. The minimum Gasteiger partial charge on any atom is -0.375 e. The molecule has 0 spiro atoms. The van der Waals surface area contributed by atoms with Gasteiger partial charge >= 0.3 is 0 Å². The number of amides is 1. The van der Waals surface area contributed by atoms with E-state index in [0.717, 1.165) is 6.42 Å². The lowest BCUT2D eigenvalue weighted by molar-refractivity contribution is 0.0939. The first-order chi connectivity index (χ1) is 10.9. The Morgan fingerprint density at radius 3 is 2.52 bits per heavy atom. The van der Waals surface area contributed by atoms with Crippen molar-refractivity contribution in [2.75, 3.05) is 19.0 Å². The molecule has 122 valence electrons. The van der Waals surface area contributed by atoms with Gasteiger partial charge in [-0.1, -0.05) is 24.3 Å². The summed E-state index contributed by atoms with van der Waals surface area (Å²) < 4.78 is 14.0.